The number of amides is 1. The highest BCUT2D eigenvalue weighted by Gasteiger charge is 2.26. The third kappa shape index (κ3) is 3.59. The quantitative estimate of drug-likeness (QED) is 0.854. The van der Waals surface area contributed by atoms with Crippen LogP contribution in [0.3, 0.4) is 0 Å². The average Bonchev–Trinajstić information content (AvgIpc) is 2.92. The Morgan fingerprint density at radius 2 is 1.95 bits per heavy atom. The zero-order valence-electron chi connectivity index (χ0n) is 11.5. The van der Waals surface area contributed by atoms with Crippen molar-refractivity contribution in [3.8, 4) is 0 Å². The summed E-state index contributed by atoms with van der Waals surface area (Å²) in [6.45, 7) is 0. The fourth-order valence-corrected chi connectivity index (χ4v) is 4.39. The normalized spacial score (nSPS) is 16.2. The first-order valence-corrected chi connectivity index (χ1v) is 9.22. The van der Waals surface area contributed by atoms with Gasteiger partial charge in [0.25, 0.3) is 5.91 Å². The Bertz CT molecular complexity index is 672. The maximum absolute atomic E-state index is 12.5. The number of nitrogens with zero attached hydrogens (tertiary/aromatic N) is 1. The summed E-state index contributed by atoms with van der Waals surface area (Å²) in [5.41, 5.74) is 0.224. The molecular formula is C13H16BrClN2O3S. The highest BCUT2D eigenvalue weighted by atomic mass is 79.9. The predicted octanol–water partition coefficient (Wildman–Crippen LogP) is 2.76. The van der Waals surface area contributed by atoms with E-state index < -0.39 is 10.0 Å². The van der Waals surface area contributed by atoms with Crippen molar-refractivity contribution in [2.45, 2.75) is 36.6 Å². The van der Waals surface area contributed by atoms with E-state index in [0.29, 0.717) is 0 Å². The van der Waals surface area contributed by atoms with E-state index in [9.17, 15) is 13.2 Å². The lowest BCUT2D eigenvalue weighted by Gasteiger charge is -2.24. The molecule has 0 atom stereocenters. The van der Waals surface area contributed by atoms with Crippen LogP contribution in [0.2, 0.25) is 5.02 Å². The van der Waals surface area contributed by atoms with Gasteiger partial charge in [0, 0.05) is 18.7 Å². The molecule has 0 saturated heterocycles. The fraction of sp³-hybridized carbons (Fsp3) is 0.462. The predicted molar refractivity (Wildman–Crippen MR) is 84.9 cm³/mol. The maximum Gasteiger partial charge on any atom is 0.253 e. The van der Waals surface area contributed by atoms with E-state index >= 15 is 0 Å². The van der Waals surface area contributed by atoms with Crippen molar-refractivity contribution >= 4 is 43.5 Å². The average molecular weight is 396 g/mol. The Labute approximate surface area is 137 Å². The number of carbonyl (C=O) groups excluding carboxylic acids is 1. The summed E-state index contributed by atoms with van der Waals surface area (Å²) in [5.74, 6) is -0.249. The summed E-state index contributed by atoms with van der Waals surface area (Å²) < 4.78 is 23.3. The third-order valence-corrected chi connectivity index (χ3v) is 6.32. The Morgan fingerprint density at radius 1 is 1.38 bits per heavy atom. The van der Waals surface area contributed by atoms with Crippen molar-refractivity contribution in [2.75, 3.05) is 7.05 Å². The molecule has 2 rings (SSSR count). The minimum absolute atomic E-state index is 0.143. The molecule has 0 aliphatic heterocycles. The van der Waals surface area contributed by atoms with E-state index in [1.165, 1.54) is 12.1 Å². The Balaban J connectivity index is 2.40. The van der Waals surface area contributed by atoms with Crippen molar-refractivity contribution in [3.05, 3.63) is 27.2 Å². The smallest absolute Gasteiger partial charge is 0.253 e. The number of hydrogen-bond donors (Lipinski definition) is 1. The SMILES string of the molecule is CN(C(=O)c1cc(Cl)c(Br)c(S(N)(=O)=O)c1)C1CCCC1. The van der Waals surface area contributed by atoms with Crippen LogP contribution in [0.15, 0.2) is 21.5 Å². The van der Waals surface area contributed by atoms with Crippen molar-refractivity contribution in [1.82, 2.24) is 4.90 Å². The highest BCUT2D eigenvalue weighted by molar-refractivity contribution is 9.10. The van der Waals surface area contributed by atoms with Crippen LogP contribution in [0.4, 0.5) is 0 Å². The Morgan fingerprint density at radius 3 is 2.48 bits per heavy atom. The largest absolute Gasteiger partial charge is 0.339 e. The first-order chi connectivity index (χ1) is 9.71. The number of benzene rings is 1. The van der Waals surface area contributed by atoms with Gasteiger partial charge >= 0.3 is 0 Å². The molecule has 0 spiro atoms. The summed E-state index contributed by atoms with van der Waals surface area (Å²) in [4.78, 5) is 14.0. The molecule has 5 nitrogen and oxygen atoms in total. The first kappa shape index (κ1) is 16.7. The van der Waals surface area contributed by atoms with Gasteiger partial charge in [-0.1, -0.05) is 24.4 Å². The maximum atomic E-state index is 12.5. The lowest BCUT2D eigenvalue weighted by Crippen LogP contribution is -2.35. The Kier molecular flexibility index (Phi) is 4.97. The van der Waals surface area contributed by atoms with Crippen LogP contribution in [-0.4, -0.2) is 32.3 Å². The molecule has 1 aromatic rings. The number of sulfonamides is 1. The van der Waals surface area contributed by atoms with Gasteiger partial charge in [-0.2, -0.15) is 0 Å². The van der Waals surface area contributed by atoms with E-state index in [1.807, 2.05) is 0 Å². The van der Waals surface area contributed by atoms with Gasteiger partial charge in [0.05, 0.1) is 14.4 Å². The Hall–Kier alpha value is -0.630. The molecule has 2 N–H and O–H groups in total. The number of halogens is 2. The molecule has 8 heteroatoms. The molecule has 1 aliphatic rings. The highest BCUT2D eigenvalue weighted by Crippen LogP contribution is 2.32. The van der Waals surface area contributed by atoms with E-state index in [2.05, 4.69) is 15.9 Å². The summed E-state index contributed by atoms with van der Waals surface area (Å²) in [7, 11) is -2.23. The number of nitrogens with two attached hydrogens (primary N) is 1. The molecule has 0 bridgehead atoms. The zero-order chi connectivity index (χ0) is 15.8. The summed E-state index contributed by atoms with van der Waals surface area (Å²) in [6.07, 6.45) is 4.14. The lowest BCUT2D eigenvalue weighted by atomic mass is 10.1. The minimum atomic E-state index is -3.96. The zero-order valence-corrected chi connectivity index (χ0v) is 14.6. The van der Waals surface area contributed by atoms with Gasteiger partial charge in [0.2, 0.25) is 10.0 Å². The van der Waals surface area contributed by atoms with Crippen molar-refractivity contribution in [1.29, 1.82) is 0 Å². The number of carbonyl (C=O) groups is 1. The topological polar surface area (TPSA) is 80.5 Å². The molecule has 1 amide bonds. The molecule has 0 unspecified atom stereocenters. The van der Waals surface area contributed by atoms with E-state index in [4.69, 9.17) is 16.7 Å². The third-order valence-electron chi connectivity index (χ3n) is 3.74. The molecule has 0 radical (unpaired) electrons. The van der Waals surface area contributed by atoms with Gasteiger partial charge in [-0.15, -0.1) is 0 Å². The molecule has 1 aliphatic carbocycles. The molecule has 1 saturated carbocycles. The number of primary sulfonamides is 1. The fourth-order valence-electron chi connectivity index (χ4n) is 2.56. The molecule has 21 heavy (non-hydrogen) atoms. The summed E-state index contributed by atoms with van der Waals surface area (Å²) in [5, 5.41) is 5.30. The molecule has 1 fully saturated rings. The van der Waals surface area contributed by atoms with Crippen molar-refractivity contribution < 1.29 is 13.2 Å². The van der Waals surface area contributed by atoms with Crippen LogP contribution in [0.25, 0.3) is 0 Å². The monoisotopic (exact) mass is 394 g/mol. The first-order valence-electron chi connectivity index (χ1n) is 6.51. The molecule has 0 aromatic heterocycles. The van der Waals surface area contributed by atoms with Crippen LogP contribution in [0, 0.1) is 0 Å². The molecular weight excluding hydrogens is 380 g/mol. The van der Waals surface area contributed by atoms with Gasteiger partial charge < -0.3 is 4.90 Å². The van der Waals surface area contributed by atoms with Crippen LogP contribution < -0.4 is 5.14 Å². The molecule has 1 aromatic carbocycles. The van der Waals surface area contributed by atoms with Gasteiger partial charge in [0.1, 0.15) is 0 Å². The van der Waals surface area contributed by atoms with E-state index in [-0.39, 0.29) is 31.9 Å². The minimum Gasteiger partial charge on any atom is -0.339 e. The molecule has 116 valence electrons. The molecule has 0 heterocycles. The second kappa shape index (κ2) is 6.24. The van der Waals surface area contributed by atoms with Crippen LogP contribution >= 0.6 is 27.5 Å². The van der Waals surface area contributed by atoms with Gasteiger partial charge in [0.15, 0.2) is 0 Å². The van der Waals surface area contributed by atoms with E-state index in [0.717, 1.165) is 25.7 Å². The lowest BCUT2D eigenvalue weighted by molar-refractivity contribution is 0.0735. The van der Waals surface area contributed by atoms with Crippen molar-refractivity contribution in [2.24, 2.45) is 5.14 Å². The van der Waals surface area contributed by atoms with Crippen LogP contribution in [-0.2, 0) is 10.0 Å². The van der Waals surface area contributed by atoms with Crippen molar-refractivity contribution in [3.63, 3.8) is 0 Å². The second-order valence-corrected chi connectivity index (χ2v) is 7.90. The van der Waals surface area contributed by atoms with Gasteiger partial charge in [-0.05, 0) is 40.9 Å². The number of hydrogen-bond acceptors (Lipinski definition) is 3. The van der Waals surface area contributed by atoms with E-state index in [1.54, 1.807) is 11.9 Å². The second-order valence-electron chi connectivity index (χ2n) is 5.17. The standard InChI is InChI=1S/C13H16BrClN2O3S/c1-17(9-4-2-3-5-9)13(18)8-6-10(15)12(14)11(7-8)21(16,19)20/h6-7,9H,2-5H2,1H3,(H2,16,19,20). The van der Waals surface area contributed by atoms with Gasteiger partial charge in [-0.25, -0.2) is 13.6 Å². The van der Waals surface area contributed by atoms with Gasteiger partial charge in [-0.3, -0.25) is 4.79 Å². The summed E-state index contributed by atoms with van der Waals surface area (Å²) >= 11 is 9.08. The van der Waals surface area contributed by atoms with Crippen LogP contribution in [0.5, 0.6) is 0 Å². The van der Waals surface area contributed by atoms with Crippen LogP contribution in [0.1, 0.15) is 36.0 Å². The summed E-state index contributed by atoms with van der Waals surface area (Å²) in [6, 6.07) is 2.91. The number of rotatable bonds is 3.